The second-order valence-corrected chi connectivity index (χ2v) is 6.50. The van der Waals surface area contributed by atoms with Crippen LogP contribution in [0.5, 0.6) is 0 Å². The van der Waals surface area contributed by atoms with Crippen LogP contribution in [0.3, 0.4) is 0 Å². The van der Waals surface area contributed by atoms with Crippen molar-refractivity contribution < 1.29 is 9.59 Å². The number of thiazole rings is 1. The molecule has 21 heavy (non-hydrogen) atoms. The molecule has 0 unspecified atom stereocenters. The summed E-state index contributed by atoms with van der Waals surface area (Å²) in [6.07, 6.45) is 6.16. The zero-order valence-electron chi connectivity index (χ0n) is 12.6. The van der Waals surface area contributed by atoms with Crippen molar-refractivity contribution in [3.8, 4) is 0 Å². The molecule has 1 rings (SSSR count). The summed E-state index contributed by atoms with van der Waals surface area (Å²) in [5, 5.41) is 6.29. The van der Waals surface area contributed by atoms with E-state index in [-0.39, 0.29) is 17.2 Å². The number of nitrogens with zero attached hydrogens (tertiary/aromatic N) is 1. The fourth-order valence-corrected chi connectivity index (χ4v) is 2.25. The molecular formula is C15H21N3O2S. The van der Waals surface area contributed by atoms with Crippen molar-refractivity contribution in [2.75, 3.05) is 13.1 Å². The van der Waals surface area contributed by atoms with Crippen LogP contribution in [-0.4, -0.2) is 29.9 Å². The summed E-state index contributed by atoms with van der Waals surface area (Å²) in [5.74, 6) is -0.451. The van der Waals surface area contributed by atoms with Gasteiger partial charge in [-0.15, -0.1) is 11.3 Å². The third-order valence-electron chi connectivity index (χ3n) is 2.47. The minimum atomic E-state index is -0.251. The van der Waals surface area contributed by atoms with Crippen LogP contribution in [0, 0.1) is 0 Å². The molecule has 0 fully saturated rings. The molecule has 0 aliphatic carbocycles. The number of nitrogens with one attached hydrogen (secondary N) is 2. The molecule has 1 aromatic rings. The molecule has 0 bridgehead atoms. The van der Waals surface area contributed by atoms with Gasteiger partial charge in [-0.05, 0) is 12.2 Å². The van der Waals surface area contributed by atoms with E-state index >= 15 is 0 Å². The molecule has 0 atom stereocenters. The van der Waals surface area contributed by atoms with Crippen molar-refractivity contribution >= 4 is 29.2 Å². The van der Waals surface area contributed by atoms with E-state index in [0.717, 1.165) is 9.88 Å². The summed E-state index contributed by atoms with van der Waals surface area (Å²) >= 11 is 1.57. The lowest BCUT2D eigenvalue weighted by Gasteiger charge is -2.13. The first-order valence-electron chi connectivity index (χ1n) is 6.65. The van der Waals surface area contributed by atoms with Gasteiger partial charge in [-0.25, -0.2) is 4.98 Å². The van der Waals surface area contributed by atoms with Crippen molar-refractivity contribution in [2.45, 2.75) is 26.2 Å². The minimum Gasteiger partial charge on any atom is -0.351 e. The maximum absolute atomic E-state index is 11.6. The van der Waals surface area contributed by atoms with E-state index in [2.05, 4.69) is 43.0 Å². The minimum absolute atomic E-state index is 0.0162. The van der Waals surface area contributed by atoms with E-state index in [9.17, 15) is 9.59 Å². The molecule has 0 aliphatic rings. The molecule has 2 amide bonds. The lowest BCUT2D eigenvalue weighted by atomic mass is 9.98. The van der Waals surface area contributed by atoms with Gasteiger partial charge < -0.3 is 10.6 Å². The molecule has 0 radical (unpaired) electrons. The number of carbonyl (C=O) groups is 2. The van der Waals surface area contributed by atoms with Crippen LogP contribution in [0.25, 0.3) is 6.08 Å². The Morgan fingerprint density at radius 3 is 2.43 bits per heavy atom. The zero-order chi connectivity index (χ0) is 15.9. The third-order valence-corrected chi connectivity index (χ3v) is 3.86. The maximum Gasteiger partial charge on any atom is 0.244 e. The van der Waals surface area contributed by atoms with Gasteiger partial charge in [-0.1, -0.05) is 27.4 Å². The highest BCUT2D eigenvalue weighted by atomic mass is 32.1. The number of carbonyl (C=O) groups excluding carboxylic acids is 2. The second kappa shape index (κ2) is 7.73. The Labute approximate surface area is 129 Å². The van der Waals surface area contributed by atoms with Gasteiger partial charge in [0.1, 0.15) is 0 Å². The monoisotopic (exact) mass is 307 g/mol. The predicted molar refractivity (Wildman–Crippen MR) is 86.1 cm³/mol. The van der Waals surface area contributed by atoms with E-state index < -0.39 is 0 Å². The summed E-state index contributed by atoms with van der Waals surface area (Å²) in [5.41, 5.74) is 0.0162. The van der Waals surface area contributed by atoms with Gasteiger partial charge in [0.25, 0.3) is 0 Å². The molecule has 0 spiro atoms. The number of rotatable bonds is 6. The number of amides is 2. The van der Waals surface area contributed by atoms with Crippen molar-refractivity contribution in [2.24, 2.45) is 0 Å². The Hall–Kier alpha value is -1.95. The molecule has 1 aromatic heterocycles. The number of aromatic nitrogens is 1. The van der Waals surface area contributed by atoms with E-state index in [1.54, 1.807) is 23.6 Å². The van der Waals surface area contributed by atoms with Crippen LogP contribution < -0.4 is 10.6 Å². The molecule has 0 aliphatic heterocycles. The summed E-state index contributed by atoms with van der Waals surface area (Å²) in [6.45, 7) is 10.4. The third kappa shape index (κ3) is 6.35. The Morgan fingerprint density at radius 1 is 1.29 bits per heavy atom. The van der Waals surface area contributed by atoms with Gasteiger partial charge >= 0.3 is 0 Å². The highest BCUT2D eigenvalue weighted by molar-refractivity contribution is 7.12. The molecule has 1 heterocycles. The fourth-order valence-electron chi connectivity index (χ4n) is 1.37. The first kappa shape index (κ1) is 17.1. The Bertz CT molecular complexity index is 541. The van der Waals surface area contributed by atoms with Gasteiger partial charge in [0.2, 0.25) is 11.8 Å². The van der Waals surface area contributed by atoms with E-state index in [1.165, 1.54) is 12.2 Å². The van der Waals surface area contributed by atoms with Crippen LogP contribution in [0.2, 0.25) is 0 Å². The predicted octanol–water partition coefficient (Wildman–Crippen LogP) is 1.87. The second-order valence-electron chi connectivity index (χ2n) is 5.44. The van der Waals surface area contributed by atoms with E-state index in [1.807, 2.05) is 0 Å². The Morgan fingerprint density at radius 2 is 1.90 bits per heavy atom. The molecule has 114 valence electrons. The summed E-state index contributed by atoms with van der Waals surface area (Å²) < 4.78 is 0. The smallest absolute Gasteiger partial charge is 0.244 e. The quantitative estimate of drug-likeness (QED) is 0.622. The zero-order valence-corrected chi connectivity index (χ0v) is 13.4. The summed E-state index contributed by atoms with van der Waals surface area (Å²) in [4.78, 5) is 27.8. The highest BCUT2D eigenvalue weighted by Gasteiger charge is 2.17. The number of hydrogen-bond donors (Lipinski definition) is 2. The topological polar surface area (TPSA) is 71.1 Å². The van der Waals surface area contributed by atoms with E-state index in [0.29, 0.717) is 13.1 Å². The van der Waals surface area contributed by atoms with Crippen molar-refractivity contribution in [3.05, 3.63) is 34.8 Å². The first-order valence-corrected chi connectivity index (χ1v) is 7.47. The van der Waals surface area contributed by atoms with Crippen molar-refractivity contribution in [1.29, 1.82) is 0 Å². The molecular weight excluding hydrogens is 286 g/mol. The lowest BCUT2D eigenvalue weighted by Crippen LogP contribution is -2.33. The summed E-state index contributed by atoms with van der Waals surface area (Å²) in [7, 11) is 0. The lowest BCUT2D eigenvalue weighted by molar-refractivity contribution is -0.118. The Balaban J connectivity index is 2.39. The fraction of sp³-hybridized carbons (Fsp3) is 0.400. The van der Waals surface area contributed by atoms with Crippen LogP contribution in [0.4, 0.5) is 0 Å². The molecule has 0 saturated heterocycles. The molecule has 0 saturated carbocycles. The largest absolute Gasteiger partial charge is 0.351 e. The van der Waals surface area contributed by atoms with Gasteiger partial charge in [0, 0.05) is 35.7 Å². The van der Waals surface area contributed by atoms with Gasteiger partial charge in [0.05, 0.1) is 5.01 Å². The first-order chi connectivity index (χ1) is 9.82. The van der Waals surface area contributed by atoms with Gasteiger partial charge in [-0.3, -0.25) is 9.59 Å². The van der Waals surface area contributed by atoms with Crippen LogP contribution in [0.1, 0.15) is 30.7 Å². The van der Waals surface area contributed by atoms with Gasteiger partial charge in [0.15, 0.2) is 0 Å². The van der Waals surface area contributed by atoms with Crippen LogP contribution in [0.15, 0.2) is 24.9 Å². The normalized spacial score (nSPS) is 11.4. The molecule has 2 N–H and O–H groups in total. The SMILES string of the molecule is C=CC(=O)NCCNC(=O)/C=C/c1cnc(C(C)(C)C)s1. The van der Waals surface area contributed by atoms with Crippen LogP contribution in [-0.2, 0) is 15.0 Å². The van der Waals surface area contributed by atoms with Crippen molar-refractivity contribution in [1.82, 2.24) is 15.6 Å². The number of hydrogen-bond acceptors (Lipinski definition) is 4. The maximum atomic E-state index is 11.6. The highest BCUT2D eigenvalue weighted by Crippen LogP contribution is 2.27. The molecule has 6 heteroatoms. The van der Waals surface area contributed by atoms with E-state index in [4.69, 9.17) is 0 Å². The van der Waals surface area contributed by atoms with Gasteiger partial charge in [-0.2, -0.15) is 0 Å². The Kier molecular flexibility index (Phi) is 6.30. The average molecular weight is 307 g/mol. The average Bonchev–Trinajstić information content (AvgIpc) is 2.90. The van der Waals surface area contributed by atoms with Crippen molar-refractivity contribution in [3.63, 3.8) is 0 Å². The van der Waals surface area contributed by atoms with Crippen LogP contribution >= 0.6 is 11.3 Å². The standard InChI is InChI=1S/C15H21N3O2S/c1-5-12(19)16-8-9-17-13(20)7-6-11-10-18-14(21-11)15(2,3)4/h5-7,10H,1,8-9H2,2-4H3,(H,16,19)(H,17,20)/b7-6+. The molecule has 5 nitrogen and oxygen atoms in total. The molecule has 0 aromatic carbocycles. The summed E-state index contributed by atoms with van der Waals surface area (Å²) in [6, 6.07) is 0.